The first-order chi connectivity index (χ1) is 9.13. The van der Waals surface area contributed by atoms with E-state index in [1.165, 1.54) is 19.3 Å². The van der Waals surface area contributed by atoms with Crippen LogP contribution >= 0.6 is 0 Å². The van der Waals surface area contributed by atoms with Crippen LogP contribution in [0.4, 0.5) is 5.82 Å². The minimum Gasteiger partial charge on any atom is -0.409 e. The monoisotopic (exact) mass is 262 g/mol. The van der Waals surface area contributed by atoms with Gasteiger partial charge in [0.1, 0.15) is 5.82 Å². The molecular weight excluding hydrogens is 240 g/mol. The van der Waals surface area contributed by atoms with Gasteiger partial charge in [0.2, 0.25) is 0 Å². The van der Waals surface area contributed by atoms with Crippen LogP contribution in [0.2, 0.25) is 0 Å². The number of pyridine rings is 1. The van der Waals surface area contributed by atoms with Crippen molar-refractivity contribution in [1.82, 2.24) is 4.98 Å². The molecule has 1 aromatic heterocycles. The van der Waals surface area contributed by atoms with Crippen molar-refractivity contribution in [2.75, 3.05) is 18.0 Å². The van der Waals surface area contributed by atoms with E-state index in [0.29, 0.717) is 0 Å². The smallest absolute Gasteiger partial charge is 0.170 e. The second kappa shape index (κ2) is 5.91. The first-order valence-corrected chi connectivity index (χ1v) is 6.85. The Balaban J connectivity index is 2.23. The van der Waals surface area contributed by atoms with Crippen molar-refractivity contribution < 1.29 is 5.21 Å². The minimum absolute atomic E-state index is 0.131. The summed E-state index contributed by atoms with van der Waals surface area (Å²) in [5.74, 6) is 1.83. The largest absolute Gasteiger partial charge is 0.409 e. The van der Waals surface area contributed by atoms with Crippen LogP contribution in [0.1, 0.15) is 37.4 Å². The maximum Gasteiger partial charge on any atom is 0.170 e. The standard InChI is InChI=1S/C14H22N4O/c1-3-18(9-11-5-4-6-11)13-8-12(14(15)17-19)7-10(2)16-13/h7-8,11,19H,3-6,9H2,1-2H3,(H2,15,17). The predicted octanol–water partition coefficient (Wildman–Crippen LogP) is 2.11. The Hall–Kier alpha value is -1.78. The molecule has 1 aliphatic carbocycles. The lowest BCUT2D eigenvalue weighted by Crippen LogP contribution is -2.33. The summed E-state index contributed by atoms with van der Waals surface area (Å²) in [5.41, 5.74) is 7.27. The molecule has 1 aliphatic rings. The van der Waals surface area contributed by atoms with Gasteiger partial charge in [0.25, 0.3) is 0 Å². The van der Waals surface area contributed by atoms with Crippen LogP contribution in [-0.4, -0.2) is 29.1 Å². The van der Waals surface area contributed by atoms with Gasteiger partial charge >= 0.3 is 0 Å². The third kappa shape index (κ3) is 3.16. The molecule has 1 aromatic rings. The molecule has 19 heavy (non-hydrogen) atoms. The van der Waals surface area contributed by atoms with Gasteiger partial charge in [-0.05, 0) is 44.7 Å². The van der Waals surface area contributed by atoms with Gasteiger partial charge in [-0.25, -0.2) is 4.98 Å². The Morgan fingerprint density at radius 1 is 1.53 bits per heavy atom. The Bertz CT molecular complexity index is 469. The Morgan fingerprint density at radius 3 is 2.79 bits per heavy atom. The molecule has 1 heterocycles. The Morgan fingerprint density at radius 2 is 2.26 bits per heavy atom. The number of anilines is 1. The normalized spacial score (nSPS) is 16.2. The highest BCUT2D eigenvalue weighted by atomic mass is 16.4. The van der Waals surface area contributed by atoms with E-state index in [2.05, 4.69) is 22.0 Å². The summed E-state index contributed by atoms with van der Waals surface area (Å²) >= 11 is 0. The van der Waals surface area contributed by atoms with Crippen molar-refractivity contribution >= 4 is 11.7 Å². The summed E-state index contributed by atoms with van der Waals surface area (Å²) in [5, 5.41) is 11.8. The van der Waals surface area contributed by atoms with Gasteiger partial charge in [-0.3, -0.25) is 0 Å². The van der Waals surface area contributed by atoms with Crippen LogP contribution < -0.4 is 10.6 Å². The lowest BCUT2D eigenvalue weighted by atomic mass is 9.85. The van der Waals surface area contributed by atoms with E-state index in [0.717, 1.165) is 36.1 Å². The summed E-state index contributed by atoms with van der Waals surface area (Å²) in [6.45, 7) is 6.02. The molecule has 2 rings (SSSR count). The van der Waals surface area contributed by atoms with Crippen LogP contribution in [0.5, 0.6) is 0 Å². The molecule has 0 saturated heterocycles. The fourth-order valence-corrected chi connectivity index (χ4v) is 2.39. The van der Waals surface area contributed by atoms with E-state index in [-0.39, 0.29) is 5.84 Å². The number of aryl methyl sites for hydroxylation is 1. The van der Waals surface area contributed by atoms with Crippen molar-refractivity contribution in [2.45, 2.75) is 33.1 Å². The molecule has 0 aromatic carbocycles. The van der Waals surface area contributed by atoms with Gasteiger partial charge in [-0.15, -0.1) is 0 Å². The number of nitrogens with zero attached hydrogens (tertiary/aromatic N) is 3. The molecule has 104 valence electrons. The number of rotatable bonds is 5. The van der Waals surface area contributed by atoms with Crippen molar-refractivity contribution in [1.29, 1.82) is 0 Å². The van der Waals surface area contributed by atoms with E-state index in [1.54, 1.807) is 0 Å². The van der Waals surface area contributed by atoms with Crippen molar-refractivity contribution in [3.05, 3.63) is 23.4 Å². The average Bonchev–Trinajstić information content (AvgIpc) is 2.36. The van der Waals surface area contributed by atoms with E-state index in [9.17, 15) is 0 Å². The first kappa shape index (κ1) is 13.6. The van der Waals surface area contributed by atoms with Gasteiger partial charge in [0.15, 0.2) is 5.84 Å². The lowest BCUT2D eigenvalue weighted by molar-refractivity contribution is 0.317. The summed E-state index contributed by atoms with van der Waals surface area (Å²) in [6, 6.07) is 3.72. The maximum atomic E-state index is 8.79. The van der Waals surface area contributed by atoms with Crippen LogP contribution in [-0.2, 0) is 0 Å². The van der Waals surface area contributed by atoms with Crippen molar-refractivity contribution in [3.8, 4) is 0 Å². The molecule has 0 spiro atoms. The van der Waals surface area contributed by atoms with Gasteiger partial charge < -0.3 is 15.8 Å². The molecular formula is C14H22N4O. The summed E-state index contributed by atoms with van der Waals surface area (Å²) in [7, 11) is 0. The third-order valence-electron chi connectivity index (χ3n) is 3.75. The molecule has 0 unspecified atom stereocenters. The number of hydrogen-bond acceptors (Lipinski definition) is 4. The summed E-state index contributed by atoms with van der Waals surface area (Å²) in [4.78, 5) is 6.84. The van der Waals surface area contributed by atoms with Crippen LogP contribution in [0.15, 0.2) is 17.3 Å². The fraction of sp³-hybridized carbons (Fsp3) is 0.571. The molecule has 5 heteroatoms. The zero-order valence-electron chi connectivity index (χ0n) is 11.6. The van der Waals surface area contributed by atoms with E-state index in [4.69, 9.17) is 10.9 Å². The highest BCUT2D eigenvalue weighted by Crippen LogP contribution is 2.28. The number of hydrogen-bond donors (Lipinski definition) is 2. The molecule has 1 fully saturated rings. The van der Waals surface area contributed by atoms with Gasteiger partial charge in [-0.2, -0.15) is 0 Å². The van der Waals surface area contributed by atoms with E-state index < -0.39 is 0 Å². The first-order valence-electron chi connectivity index (χ1n) is 6.85. The van der Waals surface area contributed by atoms with Crippen LogP contribution in [0, 0.1) is 12.8 Å². The fourth-order valence-electron chi connectivity index (χ4n) is 2.39. The molecule has 1 saturated carbocycles. The van der Waals surface area contributed by atoms with Crippen LogP contribution in [0.3, 0.4) is 0 Å². The number of nitrogens with two attached hydrogens (primary N) is 1. The number of amidine groups is 1. The number of oxime groups is 1. The summed E-state index contributed by atoms with van der Waals surface area (Å²) < 4.78 is 0. The maximum absolute atomic E-state index is 8.79. The van der Waals surface area contributed by atoms with Crippen molar-refractivity contribution in [3.63, 3.8) is 0 Å². The zero-order valence-corrected chi connectivity index (χ0v) is 11.6. The zero-order chi connectivity index (χ0) is 13.8. The lowest BCUT2D eigenvalue weighted by Gasteiger charge is -2.32. The molecule has 0 radical (unpaired) electrons. The Kier molecular flexibility index (Phi) is 4.24. The predicted molar refractivity (Wildman–Crippen MR) is 76.7 cm³/mol. The minimum atomic E-state index is 0.131. The molecule has 3 N–H and O–H groups in total. The molecule has 0 bridgehead atoms. The number of aromatic nitrogens is 1. The third-order valence-corrected chi connectivity index (χ3v) is 3.75. The van der Waals surface area contributed by atoms with E-state index >= 15 is 0 Å². The topological polar surface area (TPSA) is 74.7 Å². The second-order valence-electron chi connectivity index (χ2n) is 5.18. The van der Waals surface area contributed by atoms with Gasteiger partial charge in [0.05, 0.1) is 0 Å². The highest BCUT2D eigenvalue weighted by molar-refractivity contribution is 5.97. The molecule has 5 nitrogen and oxygen atoms in total. The van der Waals surface area contributed by atoms with Crippen LogP contribution in [0.25, 0.3) is 0 Å². The highest BCUT2D eigenvalue weighted by Gasteiger charge is 2.21. The van der Waals surface area contributed by atoms with Gasteiger partial charge in [0, 0.05) is 24.3 Å². The summed E-state index contributed by atoms with van der Waals surface area (Å²) in [6.07, 6.45) is 3.98. The molecule has 0 amide bonds. The van der Waals surface area contributed by atoms with E-state index in [1.807, 2.05) is 19.1 Å². The Labute approximate surface area is 114 Å². The molecule has 0 aliphatic heterocycles. The SMILES string of the molecule is CCN(CC1CCC1)c1cc(/C(N)=N/O)cc(C)n1. The molecule has 0 atom stereocenters. The average molecular weight is 262 g/mol. The quantitative estimate of drug-likeness (QED) is 0.369. The van der Waals surface area contributed by atoms with Gasteiger partial charge in [-0.1, -0.05) is 11.6 Å². The second-order valence-corrected chi connectivity index (χ2v) is 5.18. The van der Waals surface area contributed by atoms with Crippen molar-refractivity contribution in [2.24, 2.45) is 16.8 Å².